The van der Waals surface area contributed by atoms with Crippen molar-refractivity contribution < 1.29 is 14.6 Å². The third kappa shape index (κ3) is 1.56. The van der Waals surface area contributed by atoms with Crippen LogP contribution in [0.2, 0.25) is 0 Å². The minimum Gasteiger partial charge on any atom is -0.504 e. The summed E-state index contributed by atoms with van der Waals surface area (Å²) in [6.07, 6.45) is 0. The summed E-state index contributed by atoms with van der Waals surface area (Å²) in [5, 5.41) is 23.2. The van der Waals surface area contributed by atoms with Gasteiger partial charge in [-0.1, -0.05) is 6.07 Å². The first kappa shape index (κ1) is 10.9. The Hall–Kier alpha value is -2.27. The predicted octanol–water partition coefficient (Wildman–Crippen LogP) is 2.93. The molecule has 0 saturated carbocycles. The van der Waals surface area contributed by atoms with Gasteiger partial charge < -0.3 is 14.6 Å². The van der Waals surface area contributed by atoms with Crippen molar-refractivity contribution in [3.8, 4) is 22.6 Å². The number of fused-ring (bicyclic) bond motifs is 1. The molecule has 3 rings (SSSR count). The highest BCUT2D eigenvalue weighted by molar-refractivity contribution is 7.08. The monoisotopic (exact) mass is 260 g/mol. The second-order valence-electron chi connectivity index (χ2n) is 3.81. The number of rotatable bonds is 1. The lowest BCUT2D eigenvalue weighted by Crippen LogP contribution is -1.98. The van der Waals surface area contributed by atoms with Crippen LogP contribution < -0.4 is 5.63 Å². The molecule has 0 radical (unpaired) electrons. The lowest BCUT2D eigenvalue weighted by molar-refractivity contribution is 0.378. The van der Waals surface area contributed by atoms with Gasteiger partial charge in [0, 0.05) is 0 Å². The van der Waals surface area contributed by atoms with E-state index in [1.54, 1.807) is 29.5 Å². The lowest BCUT2D eigenvalue weighted by atomic mass is 10.1. The van der Waals surface area contributed by atoms with Gasteiger partial charge in [-0.15, -0.1) is 0 Å². The van der Waals surface area contributed by atoms with Gasteiger partial charge >= 0.3 is 5.63 Å². The highest BCUT2D eigenvalue weighted by Gasteiger charge is 2.13. The molecule has 0 fully saturated rings. The molecule has 2 heterocycles. The number of hydrogen-bond acceptors (Lipinski definition) is 5. The Kier molecular flexibility index (Phi) is 2.34. The van der Waals surface area contributed by atoms with E-state index in [1.807, 2.05) is 16.8 Å². The molecule has 0 atom stereocenters. The van der Waals surface area contributed by atoms with Crippen LogP contribution in [0.25, 0.3) is 22.1 Å². The molecular formula is C13H8O4S. The van der Waals surface area contributed by atoms with Crippen LogP contribution in [-0.4, -0.2) is 10.2 Å². The van der Waals surface area contributed by atoms with E-state index in [0.717, 1.165) is 11.1 Å². The molecular weight excluding hydrogens is 252 g/mol. The van der Waals surface area contributed by atoms with Crippen LogP contribution in [0, 0.1) is 0 Å². The second kappa shape index (κ2) is 3.89. The Balaban J connectivity index is 2.31. The first-order valence-corrected chi connectivity index (χ1v) is 6.12. The molecule has 2 aromatic heterocycles. The number of aromatic hydroxyl groups is 2. The maximum absolute atomic E-state index is 11.3. The zero-order chi connectivity index (χ0) is 12.7. The zero-order valence-electron chi connectivity index (χ0n) is 9.08. The SMILES string of the molecule is O=c1oc2cc(-c3ccsc3)ccc2c(O)c1O. The van der Waals surface area contributed by atoms with Gasteiger partial charge in [0.25, 0.3) is 0 Å². The smallest absolute Gasteiger partial charge is 0.382 e. The van der Waals surface area contributed by atoms with Gasteiger partial charge in [-0.25, -0.2) is 4.79 Å². The van der Waals surface area contributed by atoms with E-state index in [0.29, 0.717) is 5.39 Å². The average Bonchev–Trinajstić information content (AvgIpc) is 2.89. The Morgan fingerprint density at radius 2 is 1.89 bits per heavy atom. The summed E-state index contributed by atoms with van der Waals surface area (Å²) in [4.78, 5) is 11.3. The van der Waals surface area contributed by atoms with Gasteiger partial charge in [0.1, 0.15) is 5.58 Å². The predicted molar refractivity (Wildman–Crippen MR) is 69.1 cm³/mol. The summed E-state index contributed by atoms with van der Waals surface area (Å²) < 4.78 is 4.95. The van der Waals surface area contributed by atoms with Crippen molar-refractivity contribution in [1.82, 2.24) is 0 Å². The van der Waals surface area contributed by atoms with Gasteiger partial charge in [0.05, 0.1) is 5.39 Å². The molecule has 0 aliphatic heterocycles. The Morgan fingerprint density at radius 1 is 1.06 bits per heavy atom. The topological polar surface area (TPSA) is 70.7 Å². The van der Waals surface area contributed by atoms with Gasteiger partial charge in [-0.3, -0.25) is 0 Å². The number of thiophene rings is 1. The number of benzene rings is 1. The Morgan fingerprint density at radius 3 is 2.61 bits per heavy atom. The minimum absolute atomic E-state index is 0.249. The van der Waals surface area contributed by atoms with E-state index in [-0.39, 0.29) is 5.58 Å². The van der Waals surface area contributed by atoms with Gasteiger partial charge in [0.15, 0.2) is 5.75 Å². The fraction of sp³-hybridized carbons (Fsp3) is 0. The summed E-state index contributed by atoms with van der Waals surface area (Å²) >= 11 is 1.57. The van der Waals surface area contributed by atoms with Crippen LogP contribution in [0.1, 0.15) is 0 Å². The normalized spacial score (nSPS) is 10.9. The first-order valence-electron chi connectivity index (χ1n) is 5.18. The maximum atomic E-state index is 11.3. The van der Waals surface area contributed by atoms with Gasteiger partial charge in [-0.05, 0) is 40.1 Å². The van der Waals surface area contributed by atoms with Crippen LogP contribution in [0.5, 0.6) is 11.5 Å². The molecule has 5 heteroatoms. The fourth-order valence-electron chi connectivity index (χ4n) is 1.78. The third-order valence-electron chi connectivity index (χ3n) is 2.71. The third-order valence-corrected chi connectivity index (χ3v) is 3.39. The van der Waals surface area contributed by atoms with Crippen molar-refractivity contribution in [2.45, 2.75) is 0 Å². The molecule has 0 aliphatic rings. The molecule has 0 spiro atoms. The van der Waals surface area contributed by atoms with Crippen LogP contribution in [0.4, 0.5) is 0 Å². The van der Waals surface area contributed by atoms with Crippen molar-refractivity contribution in [3.05, 3.63) is 45.4 Å². The highest BCUT2D eigenvalue weighted by atomic mass is 32.1. The lowest BCUT2D eigenvalue weighted by Gasteiger charge is -2.03. The summed E-state index contributed by atoms with van der Waals surface area (Å²) in [6.45, 7) is 0. The molecule has 18 heavy (non-hydrogen) atoms. The summed E-state index contributed by atoms with van der Waals surface area (Å²) in [5.74, 6) is -1.20. The van der Waals surface area contributed by atoms with Crippen LogP contribution in [0.15, 0.2) is 44.2 Å². The van der Waals surface area contributed by atoms with E-state index < -0.39 is 17.1 Å². The van der Waals surface area contributed by atoms with Crippen molar-refractivity contribution in [3.63, 3.8) is 0 Å². The molecule has 0 saturated heterocycles. The number of hydrogen-bond donors (Lipinski definition) is 2. The van der Waals surface area contributed by atoms with Crippen LogP contribution in [0.3, 0.4) is 0 Å². The summed E-state index contributed by atoms with van der Waals surface area (Å²) in [5.41, 5.74) is 1.20. The van der Waals surface area contributed by atoms with Crippen LogP contribution in [-0.2, 0) is 0 Å². The molecule has 0 unspecified atom stereocenters. The average molecular weight is 260 g/mol. The molecule has 1 aromatic carbocycles. The summed E-state index contributed by atoms with van der Waals surface area (Å²) in [6, 6.07) is 7.02. The van der Waals surface area contributed by atoms with Crippen molar-refractivity contribution >= 4 is 22.3 Å². The maximum Gasteiger partial charge on any atom is 0.382 e. The highest BCUT2D eigenvalue weighted by Crippen LogP contribution is 2.33. The fourth-order valence-corrected chi connectivity index (χ4v) is 2.45. The van der Waals surface area contributed by atoms with E-state index in [4.69, 9.17) is 4.42 Å². The van der Waals surface area contributed by atoms with Crippen molar-refractivity contribution in [2.75, 3.05) is 0 Å². The second-order valence-corrected chi connectivity index (χ2v) is 4.59. The van der Waals surface area contributed by atoms with E-state index in [2.05, 4.69) is 0 Å². The molecule has 90 valence electrons. The largest absolute Gasteiger partial charge is 0.504 e. The van der Waals surface area contributed by atoms with E-state index in [9.17, 15) is 15.0 Å². The zero-order valence-corrected chi connectivity index (χ0v) is 9.90. The first-order chi connectivity index (χ1) is 8.66. The van der Waals surface area contributed by atoms with Gasteiger partial charge in [0.2, 0.25) is 5.75 Å². The quantitative estimate of drug-likeness (QED) is 0.660. The Labute approximate surface area is 105 Å². The minimum atomic E-state index is -0.942. The molecule has 0 bridgehead atoms. The van der Waals surface area contributed by atoms with E-state index in [1.165, 1.54) is 0 Å². The molecule has 0 amide bonds. The molecule has 4 nitrogen and oxygen atoms in total. The van der Waals surface area contributed by atoms with E-state index >= 15 is 0 Å². The standard InChI is InChI=1S/C13H8O4S/c14-11-9-2-1-7(8-3-4-18-6-8)5-10(9)17-13(16)12(11)15/h1-6,14-15H. The van der Waals surface area contributed by atoms with Crippen molar-refractivity contribution in [2.24, 2.45) is 0 Å². The van der Waals surface area contributed by atoms with Crippen LogP contribution >= 0.6 is 11.3 Å². The molecule has 2 N–H and O–H groups in total. The summed E-state index contributed by atoms with van der Waals surface area (Å²) in [7, 11) is 0. The molecule has 0 aliphatic carbocycles. The Bertz CT molecular complexity index is 772. The van der Waals surface area contributed by atoms with Crippen molar-refractivity contribution in [1.29, 1.82) is 0 Å². The molecule has 3 aromatic rings. The van der Waals surface area contributed by atoms with Gasteiger partial charge in [-0.2, -0.15) is 11.3 Å².